The minimum absolute atomic E-state index is 0.123. The van der Waals surface area contributed by atoms with Crippen molar-refractivity contribution < 1.29 is 13.9 Å². The maximum Gasteiger partial charge on any atom is 0.168 e. The van der Waals surface area contributed by atoms with Crippen LogP contribution in [-0.4, -0.2) is 20.5 Å². The van der Waals surface area contributed by atoms with E-state index in [2.05, 4.69) is 26.6 Å². The number of carbonyl (C=O) groups is 1. The minimum atomic E-state index is -1.86. The predicted molar refractivity (Wildman–Crippen MR) is 140 cm³/mol. The van der Waals surface area contributed by atoms with E-state index in [1.165, 1.54) is 51.4 Å². The third kappa shape index (κ3) is 6.49. The zero-order valence-electron chi connectivity index (χ0n) is 22.1. The van der Waals surface area contributed by atoms with Gasteiger partial charge < -0.3 is 4.74 Å². The Balaban J connectivity index is 1.62. The zero-order chi connectivity index (χ0) is 24.2. The summed E-state index contributed by atoms with van der Waals surface area (Å²) in [6.07, 6.45) is 13.9. The lowest BCUT2D eigenvalue weighted by Gasteiger charge is -2.38. The molecule has 2 nitrogen and oxygen atoms in total. The lowest BCUT2D eigenvalue weighted by Crippen LogP contribution is -2.40. The fourth-order valence-corrected chi connectivity index (χ4v) is 7.89. The number of halogens is 1. The highest BCUT2D eigenvalue weighted by atomic mass is 28.3. The topological polar surface area (TPSA) is 26.3 Å². The molecule has 2 aliphatic rings. The van der Waals surface area contributed by atoms with Crippen LogP contribution in [0.25, 0.3) is 0 Å². The van der Waals surface area contributed by atoms with Gasteiger partial charge in [-0.1, -0.05) is 52.2 Å². The number of ether oxygens (including phenoxy) is 1. The van der Waals surface area contributed by atoms with Crippen molar-refractivity contribution in [3.8, 4) is 5.75 Å². The monoisotopic (exact) mass is 474 g/mol. The minimum Gasteiger partial charge on any atom is -0.491 e. The predicted octanol–water partition coefficient (Wildman–Crippen LogP) is 8.06. The molecule has 2 saturated carbocycles. The van der Waals surface area contributed by atoms with Gasteiger partial charge in [0.25, 0.3) is 0 Å². The SMILES string of the molecule is CCCC1CCC(C2CCC(CC(=O)c3cc([Si](C)(C)C)c(OCC)c(F)c3C)CC2)CC1. The van der Waals surface area contributed by atoms with Crippen LogP contribution in [0.1, 0.15) is 100 Å². The van der Waals surface area contributed by atoms with Crippen LogP contribution < -0.4 is 9.92 Å². The summed E-state index contributed by atoms with van der Waals surface area (Å²) in [5.74, 6) is 3.37. The summed E-state index contributed by atoms with van der Waals surface area (Å²) in [5.41, 5.74) is 1.05. The van der Waals surface area contributed by atoms with E-state index >= 15 is 4.39 Å². The average Bonchev–Trinajstić information content (AvgIpc) is 2.77. The Labute approximate surface area is 203 Å². The van der Waals surface area contributed by atoms with Crippen molar-refractivity contribution in [3.05, 3.63) is 23.0 Å². The number of rotatable bonds is 9. The molecule has 0 amide bonds. The van der Waals surface area contributed by atoms with Crippen molar-refractivity contribution in [1.82, 2.24) is 0 Å². The zero-order valence-corrected chi connectivity index (χ0v) is 23.1. The Morgan fingerprint density at radius 3 is 2.00 bits per heavy atom. The highest BCUT2D eigenvalue weighted by molar-refractivity contribution is 6.89. The number of Topliss-reactive ketones (excluding diaryl/α,β-unsaturated/α-hetero) is 1. The second kappa shape index (κ2) is 11.5. The summed E-state index contributed by atoms with van der Waals surface area (Å²) >= 11 is 0. The summed E-state index contributed by atoms with van der Waals surface area (Å²) in [4.78, 5) is 13.3. The van der Waals surface area contributed by atoms with E-state index in [9.17, 15) is 4.79 Å². The van der Waals surface area contributed by atoms with Gasteiger partial charge in [-0.2, -0.15) is 0 Å². The average molecular weight is 475 g/mol. The molecule has 0 heterocycles. The van der Waals surface area contributed by atoms with Crippen LogP contribution in [-0.2, 0) is 0 Å². The number of hydrogen-bond acceptors (Lipinski definition) is 2. The summed E-state index contributed by atoms with van der Waals surface area (Å²) < 4.78 is 21.0. The molecule has 0 aromatic heterocycles. The van der Waals surface area contributed by atoms with Crippen LogP contribution in [0.5, 0.6) is 5.75 Å². The number of hydrogen-bond donors (Lipinski definition) is 0. The molecule has 1 aromatic rings. The third-order valence-corrected chi connectivity index (χ3v) is 10.5. The molecule has 3 rings (SSSR count). The molecule has 33 heavy (non-hydrogen) atoms. The molecule has 0 spiro atoms. The number of benzene rings is 1. The Morgan fingerprint density at radius 2 is 1.52 bits per heavy atom. The molecule has 0 atom stereocenters. The largest absolute Gasteiger partial charge is 0.491 e. The van der Waals surface area contributed by atoms with Gasteiger partial charge >= 0.3 is 0 Å². The van der Waals surface area contributed by atoms with E-state index < -0.39 is 8.07 Å². The molecular formula is C29H47FO2Si. The van der Waals surface area contributed by atoms with Gasteiger partial charge in [0, 0.05) is 12.0 Å². The maximum atomic E-state index is 15.3. The second-order valence-electron chi connectivity index (χ2n) is 11.9. The Hall–Kier alpha value is -1.16. The molecule has 0 bridgehead atoms. The molecule has 186 valence electrons. The lowest BCUT2D eigenvalue weighted by molar-refractivity contribution is 0.0918. The quantitative estimate of drug-likeness (QED) is 0.267. The smallest absolute Gasteiger partial charge is 0.168 e. The Morgan fingerprint density at radius 1 is 0.970 bits per heavy atom. The van der Waals surface area contributed by atoms with Crippen molar-refractivity contribution in [2.45, 2.75) is 111 Å². The van der Waals surface area contributed by atoms with Crippen LogP contribution in [0.15, 0.2) is 6.07 Å². The molecule has 0 N–H and O–H groups in total. The molecule has 0 unspecified atom stereocenters. The van der Waals surface area contributed by atoms with Gasteiger partial charge in [0.1, 0.15) is 0 Å². The van der Waals surface area contributed by atoms with E-state index in [0.717, 1.165) is 35.8 Å². The molecule has 0 saturated heterocycles. The molecule has 0 aliphatic heterocycles. The van der Waals surface area contributed by atoms with E-state index in [1.807, 2.05) is 13.0 Å². The molecule has 4 heteroatoms. The van der Waals surface area contributed by atoms with Crippen LogP contribution >= 0.6 is 0 Å². The Kier molecular flexibility index (Phi) is 9.22. The normalized spacial score (nSPS) is 26.3. The van der Waals surface area contributed by atoms with Gasteiger partial charge in [0.05, 0.1) is 14.7 Å². The molecule has 0 radical (unpaired) electrons. The van der Waals surface area contributed by atoms with E-state index in [1.54, 1.807) is 6.92 Å². The summed E-state index contributed by atoms with van der Waals surface area (Å²) in [6.45, 7) is 12.9. The first-order chi connectivity index (χ1) is 15.7. The van der Waals surface area contributed by atoms with Gasteiger partial charge in [-0.25, -0.2) is 4.39 Å². The molecule has 1 aromatic carbocycles. The van der Waals surface area contributed by atoms with Gasteiger partial charge in [-0.05, 0) is 92.9 Å². The highest BCUT2D eigenvalue weighted by Crippen LogP contribution is 2.43. The fourth-order valence-electron chi connectivity index (χ4n) is 6.45. The first kappa shape index (κ1) is 26.4. The Bertz CT molecular complexity index is 797. The van der Waals surface area contributed by atoms with Crippen LogP contribution in [0.4, 0.5) is 4.39 Å². The van der Waals surface area contributed by atoms with Gasteiger partial charge in [-0.3, -0.25) is 4.79 Å². The summed E-state index contributed by atoms with van der Waals surface area (Å²) in [6, 6.07) is 1.97. The lowest BCUT2D eigenvalue weighted by atomic mass is 9.68. The summed E-state index contributed by atoms with van der Waals surface area (Å²) in [7, 11) is -1.86. The fraction of sp³-hybridized carbons (Fsp3) is 0.759. The maximum absolute atomic E-state index is 15.3. The third-order valence-electron chi connectivity index (χ3n) is 8.48. The molecule has 2 aliphatic carbocycles. The van der Waals surface area contributed by atoms with Crippen LogP contribution in [0.2, 0.25) is 19.6 Å². The molecule has 2 fully saturated rings. The van der Waals surface area contributed by atoms with Crippen molar-refractivity contribution in [3.63, 3.8) is 0 Å². The van der Waals surface area contributed by atoms with Gasteiger partial charge in [0.2, 0.25) is 0 Å². The highest BCUT2D eigenvalue weighted by Gasteiger charge is 2.33. The van der Waals surface area contributed by atoms with Gasteiger partial charge in [0.15, 0.2) is 17.3 Å². The van der Waals surface area contributed by atoms with Gasteiger partial charge in [-0.15, -0.1) is 0 Å². The molecular weight excluding hydrogens is 427 g/mol. The number of ketones is 1. The second-order valence-corrected chi connectivity index (χ2v) is 16.9. The first-order valence-electron chi connectivity index (χ1n) is 13.6. The van der Waals surface area contributed by atoms with Crippen LogP contribution in [0.3, 0.4) is 0 Å². The van der Waals surface area contributed by atoms with Crippen molar-refractivity contribution >= 4 is 19.0 Å². The van der Waals surface area contributed by atoms with Crippen LogP contribution in [0, 0.1) is 36.4 Å². The summed E-state index contributed by atoms with van der Waals surface area (Å²) in [5, 5.41) is 0.929. The first-order valence-corrected chi connectivity index (χ1v) is 17.1. The van der Waals surface area contributed by atoms with E-state index in [0.29, 0.717) is 35.8 Å². The van der Waals surface area contributed by atoms with Crippen molar-refractivity contribution in [2.75, 3.05) is 6.61 Å². The van der Waals surface area contributed by atoms with Crippen molar-refractivity contribution in [1.29, 1.82) is 0 Å². The van der Waals surface area contributed by atoms with Crippen molar-refractivity contribution in [2.24, 2.45) is 23.7 Å². The van der Waals surface area contributed by atoms with E-state index in [4.69, 9.17) is 4.74 Å². The number of carbonyl (C=O) groups excluding carboxylic acids is 1. The standard InChI is InChI=1S/C29H47FO2Si/c1-7-9-21-10-14-23(15-11-21)24-16-12-22(13-17-24)18-26(31)25-19-27(33(4,5)6)29(32-8-2)28(30)20(25)3/h19,21-24H,7-18H2,1-6H3. The van der Waals surface area contributed by atoms with E-state index in [-0.39, 0.29) is 11.6 Å².